The van der Waals surface area contributed by atoms with Crippen LogP contribution in [-0.2, 0) is 11.2 Å². The minimum atomic E-state index is -0.0942. The predicted octanol–water partition coefficient (Wildman–Crippen LogP) is 4.17. The zero-order chi connectivity index (χ0) is 21.2. The first-order valence-electron chi connectivity index (χ1n) is 10.7. The minimum Gasteiger partial charge on any atom is -0.492 e. The molecule has 2 aromatic carbocycles. The Balaban J connectivity index is 0.00000341. The van der Waals surface area contributed by atoms with Gasteiger partial charge in [0.1, 0.15) is 12.4 Å². The second-order valence-corrected chi connectivity index (χ2v) is 7.58. The molecule has 0 spiro atoms. The molecule has 0 saturated carbocycles. The van der Waals surface area contributed by atoms with Gasteiger partial charge in [0.2, 0.25) is 5.91 Å². The Kier molecular flexibility index (Phi) is 10.6. The quantitative estimate of drug-likeness (QED) is 0.230. The number of carbonyl (C=O) groups excluding carboxylic acids is 1. The van der Waals surface area contributed by atoms with E-state index in [4.69, 9.17) is 9.73 Å². The summed E-state index contributed by atoms with van der Waals surface area (Å²) in [6.07, 6.45) is 2.30. The van der Waals surface area contributed by atoms with E-state index >= 15 is 0 Å². The molecule has 3 rings (SSSR count). The van der Waals surface area contributed by atoms with Crippen LogP contribution in [0.3, 0.4) is 0 Å². The summed E-state index contributed by atoms with van der Waals surface area (Å²) in [4.78, 5) is 18.3. The number of hydrogen-bond donors (Lipinski definition) is 2. The van der Waals surface area contributed by atoms with Gasteiger partial charge in [-0.1, -0.05) is 36.4 Å². The number of amides is 1. The average Bonchev–Trinajstić information content (AvgIpc) is 3.19. The Labute approximate surface area is 202 Å². The van der Waals surface area contributed by atoms with Gasteiger partial charge in [-0.25, -0.2) is 4.99 Å². The van der Waals surface area contributed by atoms with Gasteiger partial charge >= 0.3 is 0 Å². The summed E-state index contributed by atoms with van der Waals surface area (Å²) in [5.41, 5.74) is 2.14. The normalized spacial score (nSPS) is 15.9. The molecule has 1 heterocycles. The van der Waals surface area contributed by atoms with E-state index in [1.54, 1.807) is 0 Å². The Bertz CT molecular complexity index is 844. The fourth-order valence-corrected chi connectivity index (χ4v) is 3.75. The highest BCUT2D eigenvalue weighted by molar-refractivity contribution is 14.0. The van der Waals surface area contributed by atoms with Crippen LogP contribution in [0.15, 0.2) is 59.6 Å². The zero-order valence-electron chi connectivity index (χ0n) is 18.3. The van der Waals surface area contributed by atoms with E-state index in [1.807, 2.05) is 24.3 Å². The maximum absolute atomic E-state index is 11.2. The van der Waals surface area contributed by atoms with Gasteiger partial charge in [-0.15, -0.1) is 24.0 Å². The summed E-state index contributed by atoms with van der Waals surface area (Å²) in [5, 5.41) is 6.18. The van der Waals surface area contributed by atoms with Gasteiger partial charge in [-0.05, 0) is 43.4 Å². The van der Waals surface area contributed by atoms with Crippen molar-refractivity contribution in [2.75, 3.05) is 38.1 Å². The maximum atomic E-state index is 11.2. The molecule has 0 radical (unpaired) electrons. The van der Waals surface area contributed by atoms with Crippen LogP contribution < -0.4 is 15.4 Å². The lowest BCUT2D eigenvalue weighted by Gasteiger charge is -2.21. The van der Waals surface area contributed by atoms with E-state index in [2.05, 4.69) is 52.8 Å². The number of aliphatic imine (C=N–C) groups is 1. The Hall–Kier alpha value is -2.29. The van der Waals surface area contributed by atoms with Gasteiger partial charge in [-0.2, -0.15) is 0 Å². The molecule has 1 amide bonds. The minimum absolute atomic E-state index is 0. The van der Waals surface area contributed by atoms with Crippen LogP contribution in [-0.4, -0.2) is 49.6 Å². The first-order valence-corrected chi connectivity index (χ1v) is 10.7. The van der Waals surface area contributed by atoms with Crippen molar-refractivity contribution in [3.05, 3.63) is 60.2 Å². The average molecular weight is 536 g/mol. The van der Waals surface area contributed by atoms with Crippen molar-refractivity contribution in [1.29, 1.82) is 0 Å². The number of anilines is 1. The summed E-state index contributed by atoms with van der Waals surface area (Å²) in [5.74, 6) is 2.25. The summed E-state index contributed by atoms with van der Waals surface area (Å²) in [6.45, 7) is 7.55. The molecule has 1 atom stereocenters. The number of nitrogens with one attached hydrogen (secondary N) is 2. The number of ether oxygens (including phenoxy) is 1. The molecule has 168 valence electrons. The van der Waals surface area contributed by atoms with E-state index < -0.39 is 0 Å². The van der Waals surface area contributed by atoms with Gasteiger partial charge in [0.25, 0.3) is 0 Å². The summed E-state index contributed by atoms with van der Waals surface area (Å²) in [6, 6.07) is 18.1. The second kappa shape index (κ2) is 13.2. The summed E-state index contributed by atoms with van der Waals surface area (Å²) in [7, 11) is 0. The molecule has 7 heteroatoms. The van der Waals surface area contributed by atoms with E-state index in [0.717, 1.165) is 43.5 Å². The molecule has 2 N–H and O–H groups in total. The van der Waals surface area contributed by atoms with Crippen LogP contribution in [0.25, 0.3) is 0 Å². The van der Waals surface area contributed by atoms with Gasteiger partial charge in [0.15, 0.2) is 5.96 Å². The smallest absolute Gasteiger partial charge is 0.221 e. The molecule has 0 aliphatic carbocycles. The maximum Gasteiger partial charge on any atom is 0.221 e. The zero-order valence-corrected chi connectivity index (χ0v) is 20.7. The highest BCUT2D eigenvalue weighted by atomic mass is 127. The standard InChI is InChI=1S/C24H32N4O2.HI/c1-3-25-24(28-14-12-21(18-28)16-20-8-5-4-6-9-20)26-13-15-30-23-11-7-10-22(17-23)27-19(2)29;/h4-11,17,21H,3,12-16,18H2,1-2H3,(H,25,26)(H,27,29);1H. The third-order valence-corrected chi connectivity index (χ3v) is 5.06. The van der Waals surface area contributed by atoms with Crippen molar-refractivity contribution in [3.63, 3.8) is 0 Å². The molecule has 31 heavy (non-hydrogen) atoms. The number of hydrogen-bond acceptors (Lipinski definition) is 3. The highest BCUT2D eigenvalue weighted by Gasteiger charge is 2.24. The molecule has 0 aromatic heterocycles. The lowest BCUT2D eigenvalue weighted by molar-refractivity contribution is -0.114. The number of halogens is 1. The number of carbonyl (C=O) groups is 1. The van der Waals surface area contributed by atoms with Crippen LogP contribution in [0, 0.1) is 5.92 Å². The second-order valence-electron chi connectivity index (χ2n) is 7.58. The van der Waals surface area contributed by atoms with Crippen molar-refractivity contribution < 1.29 is 9.53 Å². The topological polar surface area (TPSA) is 66.0 Å². The molecule has 0 bridgehead atoms. The number of nitrogens with zero attached hydrogens (tertiary/aromatic N) is 2. The Morgan fingerprint density at radius 2 is 2.00 bits per heavy atom. The fraction of sp³-hybridized carbons (Fsp3) is 0.417. The molecule has 2 aromatic rings. The molecule has 1 saturated heterocycles. The molecule has 1 aliphatic heterocycles. The Morgan fingerprint density at radius 3 is 2.74 bits per heavy atom. The highest BCUT2D eigenvalue weighted by Crippen LogP contribution is 2.21. The van der Waals surface area contributed by atoms with E-state index in [1.165, 1.54) is 18.9 Å². The summed E-state index contributed by atoms with van der Waals surface area (Å²) < 4.78 is 5.81. The number of benzene rings is 2. The number of rotatable bonds is 8. The van der Waals surface area contributed by atoms with Gasteiger partial charge in [0, 0.05) is 38.3 Å². The Morgan fingerprint density at radius 1 is 1.19 bits per heavy atom. The largest absolute Gasteiger partial charge is 0.492 e. The molecule has 6 nitrogen and oxygen atoms in total. The van der Waals surface area contributed by atoms with Crippen LogP contribution >= 0.6 is 24.0 Å². The fourth-order valence-electron chi connectivity index (χ4n) is 3.75. The lowest BCUT2D eigenvalue weighted by atomic mass is 9.99. The molecular formula is C24H33IN4O2. The lowest BCUT2D eigenvalue weighted by Crippen LogP contribution is -2.40. The SMILES string of the molecule is CCNC(=NCCOc1cccc(NC(C)=O)c1)N1CCC(Cc2ccccc2)C1.I. The molecule has 1 unspecified atom stereocenters. The van der Waals surface area contributed by atoms with Gasteiger partial charge in [-0.3, -0.25) is 4.79 Å². The molecule has 1 fully saturated rings. The van der Waals surface area contributed by atoms with Crippen LogP contribution in [0.1, 0.15) is 25.8 Å². The third-order valence-electron chi connectivity index (χ3n) is 5.06. The van der Waals surface area contributed by atoms with Crippen LogP contribution in [0.4, 0.5) is 5.69 Å². The monoisotopic (exact) mass is 536 g/mol. The van der Waals surface area contributed by atoms with Crippen molar-refractivity contribution in [2.45, 2.75) is 26.7 Å². The van der Waals surface area contributed by atoms with E-state index in [-0.39, 0.29) is 29.9 Å². The summed E-state index contributed by atoms with van der Waals surface area (Å²) >= 11 is 0. The van der Waals surface area contributed by atoms with E-state index in [0.29, 0.717) is 19.1 Å². The first kappa shape index (κ1) is 25.0. The van der Waals surface area contributed by atoms with Gasteiger partial charge in [0.05, 0.1) is 6.54 Å². The van der Waals surface area contributed by atoms with Crippen molar-refractivity contribution in [3.8, 4) is 5.75 Å². The number of guanidine groups is 1. The van der Waals surface area contributed by atoms with Crippen molar-refractivity contribution in [1.82, 2.24) is 10.2 Å². The van der Waals surface area contributed by atoms with Gasteiger partial charge < -0.3 is 20.3 Å². The van der Waals surface area contributed by atoms with Crippen molar-refractivity contribution in [2.24, 2.45) is 10.9 Å². The first-order chi connectivity index (χ1) is 14.6. The van der Waals surface area contributed by atoms with E-state index in [9.17, 15) is 4.79 Å². The van der Waals surface area contributed by atoms with Crippen molar-refractivity contribution >= 4 is 41.5 Å². The molecular weight excluding hydrogens is 503 g/mol. The predicted molar refractivity (Wildman–Crippen MR) is 137 cm³/mol. The third kappa shape index (κ3) is 8.40. The van der Waals surface area contributed by atoms with Crippen LogP contribution in [0.5, 0.6) is 5.75 Å². The number of likely N-dealkylation sites (tertiary alicyclic amines) is 1. The van der Waals surface area contributed by atoms with Crippen LogP contribution in [0.2, 0.25) is 0 Å². The molecule has 1 aliphatic rings.